The van der Waals surface area contributed by atoms with E-state index < -0.39 is 0 Å². The molecular formula is C10H7N3. The zero-order valence-corrected chi connectivity index (χ0v) is 6.86. The third-order valence-corrected chi connectivity index (χ3v) is 1.82. The van der Waals surface area contributed by atoms with Gasteiger partial charge < -0.3 is 5.32 Å². The Kier molecular flexibility index (Phi) is 1.81. The first kappa shape index (κ1) is 7.56. The molecule has 0 radical (unpaired) electrons. The van der Waals surface area contributed by atoms with Gasteiger partial charge in [-0.15, -0.1) is 0 Å². The van der Waals surface area contributed by atoms with Crippen molar-refractivity contribution < 1.29 is 0 Å². The number of rotatable bonds is 0. The number of aliphatic imine (C=N–C) groups is 1. The van der Waals surface area contributed by atoms with Crippen LogP contribution in [0.1, 0.15) is 11.1 Å². The van der Waals surface area contributed by atoms with Crippen molar-refractivity contribution >= 4 is 11.9 Å². The van der Waals surface area contributed by atoms with Gasteiger partial charge in [-0.3, -0.25) is 4.99 Å². The van der Waals surface area contributed by atoms with E-state index in [2.05, 4.69) is 16.4 Å². The van der Waals surface area contributed by atoms with Crippen LogP contribution in [0.5, 0.6) is 0 Å². The second-order valence-electron chi connectivity index (χ2n) is 2.62. The van der Waals surface area contributed by atoms with Crippen LogP contribution in [0.4, 0.5) is 5.69 Å². The van der Waals surface area contributed by atoms with E-state index in [0.717, 1.165) is 11.3 Å². The Balaban J connectivity index is 2.63. The number of hydrogen-bond acceptors (Lipinski definition) is 3. The van der Waals surface area contributed by atoms with Crippen LogP contribution in [0, 0.1) is 11.3 Å². The summed E-state index contributed by atoms with van der Waals surface area (Å²) >= 11 is 0. The third-order valence-electron chi connectivity index (χ3n) is 1.82. The van der Waals surface area contributed by atoms with Gasteiger partial charge in [0.05, 0.1) is 11.3 Å². The lowest BCUT2D eigenvalue weighted by Crippen LogP contribution is -1.95. The molecule has 0 amide bonds. The number of benzene rings is 1. The molecule has 1 heterocycles. The molecular weight excluding hydrogens is 162 g/mol. The van der Waals surface area contributed by atoms with E-state index in [0.29, 0.717) is 5.56 Å². The van der Waals surface area contributed by atoms with Gasteiger partial charge in [0, 0.05) is 24.2 Å². The lowest BCUT2D eigenvalue weighted by atomic mass is 10.1. The molecule has 0 bridgehead atoms. The van der Waals surface area contributed by atoms with Crippen molar-refractivity contribution in [3.63, 3.8) is 0 Å². The Morgan fingerprint density at radius 3 is 3.15 bits per heavy atom. The molecule has 62 valence electrons. The summed E-state index contributed by atoms with van der Waals surface area (Å²) < 4.78 is 0. The molecule has 1 N–H and O–H groups in total. The standard InChI is InChI=1S/C10H7N3/c11-6-8-2-1-3-9-7-12-4-5-13-10(8)9/h1-5,7,13H. The second-order valence-corrected chi connectivity index (χ2v) is 2.62. The Bertz CT molecular complexity index is 424. The van der Waals surface area contributed by atoms with Crippen LogP contribution in [0.25, 0.3) is 0 Å². The minimum absolute atomic E-state index is 0.635. The van der Waals surface area contributed by atoms with Crippen LogP contribution >= 0.6 is 0 Å². The van der Waals surface area contributed by atoms with Gasteiger partial charge >= 0.3 is 0 Å². The molecule has 0 aromatic heterocycles. The fourth-order valence-corrected chi connectivity index (χ4v) is 1.22. The highest BCUT2D eigenvalue weighted by molar-refractivity contribution is 5.91. The molecule has 3 heteroatoms. The maximum Gasteiger partial charge on any atom is 0.101 e. The SMILES string of the molecule is N#Cc1cccc2c1NC=CN=C2. The summed E-state index contributed by atoms with van der Waals surface area (Å²) in [6, 6.07) is 7.66. The van der Waals surface area contributed by atoms with E-state index in [1.165, 1.54) is 0 Å². The Morgan fingerprint density at radius 1 is 1.38 bits per heavy atom. The molecule has 1 aliphatic heterocycles. The van der Waals surface area contributed by atoms with E-state index in [-0.39, 0.29) is 0 Å². The van der Waals surface area contributed by atoms with E-state index in [1.807, 2.05) is 12.1 Å². The first-order valence-corrected chi connectivity index (χ1v) is 3.89. The summed E-state index contributed by atoms with van der Waals surface area (Å²) in [4.78, 5) is 4.01. The number of nitriles is 1. The van der Waals surface area contributed by atoms with Crippen LogP contribution in [-0.2, 0) is 0 Å². The molecule has 1 aliphatic rings. The zero-order chi connectivity index (χ0) is 9.10. The highest BCUT2D eigenvalue weighted by Gasteiger charge is 2.05. The first-order chi connectivity index (χ1) is 6.42. The smallest absolute Gasteiger partial charge is 0.101 e. The fraction of sp³-hybridized carbons (Fsp3) is 0. The summed E-state index contributed by atoms with van der Waals surface area (Å²) in [6.07, 6.45) is 5.09. The molecule has 13 heavy (non-hydrogen) atoms. The largest absolute Gasteiger partial charge is 0.359 e. The Morgan fingerprint density at radius 2 is 2.31 bits per heavy atom. The summed E-state index contributed by atoms with van der Waals surface area (Å²) in [6.45, 7) is 0. The van der Waals surface area contributed by atoms with E-state index in [1.54, 1.807) is 24.7 Å². The van der Waals surface area contributed by atoms with E-state index in [4.69, 9.17) is 5.26 Å². The fourth-order valence-electron chi connectivity index (χ4n) is 1.22. The van der Waals surface area contributed by atoms with Crippen LogP contribution < -0.4 is 5.32 Å². The number of anilines is 1. The monoisotopic (exact) mass is 169 g/mol. The highest BCUT2D eigenvalue weighted by atomic mass is 14.9. The summed E-state index contributed by atoms with van der Waals surface area (Å²) in [5.41, 5.74) is 2.39. The predicted molar refractivity (Wildman–Crippen MR) is 51.5 cm³/mol. The van der Waals surface area contributed by atoms with Gasteiger partial charge in [-0.1, -0.05) is 12.1 Å². The van der Waals surface area contributed by atoms with Crippen molar-refractivity contribution in [3.05, 3.63) is 41.7 Å². The van der Waals surface area contributed by atoms with Crippen LogP contribution in [-0.4, -0.2) is 6.21 Å². The first-order valence-electron chi connectivity index (χ1n) is 3.89. The number of nitrogens with one attached hydrogen (secondary N) is 1. The Hall–Kier alpha value is -2.08. The van der Waals surface area contributed by atoms with Crippen LogP contribution in [0.3, 0.4) is 0 Å². The predicted octanol–water partition coefficient (Wildman–Crippen LogP) is 1.87. The summed E-state index contributed by atoms with van der Waals surface area (Å²) in [5, 5.41) is 11.8. The minimum atomic E-state index is 0.635. The topological polar surface area (TPSA) is 48.2 Å². The molecule has 0 spiro atoms. The van der Waals surface area contributed by atoms with Gasteiger partial charge in [0.1, 0.15) is 6.07 Å². The maximum absolute atomic E-state index is 8.83. The highest BCUT2D eigenvalue weighted by Crippen LogP contribution is 2.20. The summed E-state index contributed by atoms with van der Waals surface area (Å²) in [5.74, 6) is 0. The van der Waals surface area contributed by atoms with Crippen molar-refractivity contribution in [3.8, 4) is 6.07 Å². The quantitative estimate of drug-likeness (QED) is 0.644. The summed E-state index contributed by atoms with van der Waals surface area (Å²) in [7, 11) is 0. The van der Waals surface area contributed by atoms with Crippen molar-refractivity contribution in [2.24, 2.45) is 4.99 Å². The van der Waals surface area contributed by atoms with Gasteiger partial charge in [0.2, 0.25) is 0 Å². The zero-order valence-electron chi connectivity index (χ0n) is 6.86. The van der Waals surface area contributed by atoms with Crippen molar-refractivity contribution in [2.75, 3.05) is 5.32 Å². The van der Waals surface area contributed by atoms with E-state index in [9.17, 15) is 0 Å². The maximum atomic E-state index is 8.83. The van der Waals surface area contributed by atoms with Crippen LogP contribution in [0.15, 0.2) is 35.6 Å². The molecule has 0 saturated heterocycles. The van der Waals surface area contributed by atoms with Gasteiger partial charge in [-0.05, 0) is 6.07 Å². The molecule has 0 atom stereocenters. The second kappa shape index (κ2) is 3.11. The molecule has 0 saturated carbocycles. The van der Waals surface area contributed by atoms with Gasteiger partial charge in [-0.25, -0.2) is 0 Å². The van der Waals surface area contributed by atoms with Crippen molar-refractivity contribution in [1.82, 2.24) is 0 Å². The molecule has 1 aromatic rings. The van der Waals surface area contributed by atoms with Gasteiger partial charge in [0.25, 0.3) is 0 Å². The number of para-hydroxylation sites is 1. The lowest BCUT2D eigenvalue weighted by Gasteiger charge is -2.04. The number of nitrogens with zero attached hydrogens (tertiary/aromatic N) is 2. The molecule has 0 aliphatic carbocycles. The van der Waals surface area contributed by atoms with Gasteiger partial charge in [0.15, 0.2) is 0 Å². The Labute approximate surface area is 76.0 Å². The van der Waals surface area contributed by atoms with Crippen molar-refractivity contribution in [1.29, 1.82) is 5.26 Å². The van der Waals surface area contributed by atoms with E-state index >= 15 is 0 Å². The molecule has 3 nitrogen and oxygen atoms in total. The normalized spacial score (nSPS) is 12.5. The molecule has 2 rings (SSSR count). The molecule has 1 aromatic carbocycles. The lowest BCUT2D eigenvalue weighted by molar-refractivity contribution is 1.46. The van der Waals surface area contributed by atoms with Crippen LogP contribution in [0.2, 0.25) is 0 Å². The minimum Gasteiger partial charge on any atom is -0.359 e. The average molecular weight is 169 g/mol. The number of hydrogen-bond donors (Lipinski definition) is 1. The van der Waals surface area contributed by atoms with Gasteiger partial charge in [-0.2, -0.15) is 5.26 Å². The molecule has 0 unspecified atom stereocenters. The number of fused-ring (bicyclic) bond motifs is 1. The van der Waals surface area contributed by atoms with Crippen molar-refractivity contribution in [2.45, 2.75) is 0 Å². The third kappa shape index (κ3) is 1.30. The average Bonchev–Trinajstić information content (AvgIpc) is 2.41. The molecule has 0 fully saturated rings.